The number of anilines is 1. The van der Waals surface area contributed by atoms with Crippen LogP contribution in [0.15, 0.2) is 42.5 Å². The lowest BCUT2D eigenvalue weighted by molar-refractivity contribution is -0.116. The van der Waals surface area contributed by atoms with E-state index in [1.54, 1.807) is 41.1 Å². The first-order valence-electron chi connectivity index (χ1n) is 9.34. The number of rotatable bonds is 5. The summed E-state index contributed by atoms with van der Waals surface area (Å²) in [7, 11) is 3.04. The predicted molar refractivity (Wildman–Crippen MR) is 113 cm³/mol. The average molecular weight is 426 g/mol. The zero-order chi connectivity index (χ0) is 21.4. The number of aromatic nitrogens is 2. The number of benzene rings is 2. The normalized spacial score (nSPS) is 15.3. The van der Waals surface area contributed by atoms with Gasteiger partial charge in [0, 0.05) is 22.6 Å². The molecular weight excluding hydrogens is 406 g/mol. The lowest BCUT2D eigenvalue weighted by Gasteiger charge is -2.23. The predicted octanol–water partition coefficient (Wildman–Crippen LogP) is 4.16. The quantitative estimate of drug-likeness (QED) is 0.620. The molecule has 0 saturated heterocycles. The van der Waals surface area contributed by atoms with Crippen molar-refractivity contribution in [3.63, 3.8) is 0 Å². The maximum Gasteiger partial charge on any atom is 0.226 e. The number of halogens is 1. The monoisotopic (exact) mass is 425 g/mol. The van der Waals surface area contributed by atoms with Crippen LogP contribution in [0.1, 0.15) is 34.0 Å². The average Bonchev–Trinajstić information content (AvgIpc) is 3.08. The van der Waals surface area contributed by atoms with Crippen molar-refractivity contribution in [1.29, 1.82) is 0 Å². The molecule has 1 unspecified atom stereocenters. The first kappa shape index (κ1) is 20.0. The van der Waals surface area contributed by atoms with Crippen LogP contribution in [-0.2, 0) is 4.79 Å². The fraction of sp³-hybridized carbons (Fsp3) is 0.227. The zero-order valence-corrected chi connectivity index (χ0v) is 17.5. The molecule has 0 bridgehead atoms. The van der Waals surface area contributed by atoms with Gasteiger partial charge in [-0.3, -0.25) is 9.59 Å². The SMILES string of the molecule is COc1ccc(C(=O)C2CC(=O)Nc3c2c(C)nn3-c2cccc(Cl)c2)cc1OC. The van der Waals surface area contributed by atoms with Gasteiger partial charge in [-0.1, -0.05) is 17.7 Å². The highest BCUT2D eigenvalue weighted by Gasteiger charge is 2.36. The van der Waals surface area contributed by atoms with Gasteiger partial charge in [0.2, 0.25) is 5.91 Å². The van der Waals surface area contributed by atoms with Crippen molar-refractivity contribution in [2.75, 3.05) is 19.5 Å². The molecular formula is C22H20ClN3O4. The number of Topliss-reactive ketones (excluding diaryl/α,β-unsaturated/α-hetero) is 1. The Labute approximate surface area is 178 Å². The number of ether oxygens (including phenoxy) is 2. The topological polar surface area (TPSA) is 82.5 Å². The molecule has 0 aliphatic carbocycles. The minimum absolute atomic E-state index is 0.0439. The van der Waals surface area contributed by atoms with E-state index in [2.05, 4.69) is 10.4 Å². The summed E-state index contributed by atoms with van der Waals surface area (Å²) in [5, 5.41) is 7.99. The van der Waals surface area contributed by atoms with Crippen LogP contribution in [0, 0.1) is 6.92 Å². The van der Waals surface area contributed by atoms with E-state index in [1.807, 2.05) is 13.0 Å². The van der Waals surface area contributed by atoms with Crippen LogP contribution in [0.4, 0.5) is 5.82 Å². The van der Waals surface area contributed by atoms with Gasteiger partial charge in [-0.25, -0.2) is 4.68 Å². The van der Waals surface area contributed by atoms with Crippen LogP contribution in [0.5, 0.6) is 11.5 Å². The highest BCUT2D eigenvalue weighted by atomic mass is 35.5. The molecule has 0 saturated carbocycles. The second kappa shape index (κ2) is 7.84. The molecule has 30 heavy (non-hydrogen) atoms. The summed E-state index contributed by atoms with van der Waals surface area (Å²) < 4.78 is 12.2. The first-order chi connectivity index (χ1) is 14.4. The van der Waals surface area contributed by atoms with Crippen LogP contribution < -0.4 is 14.8 Å². The molecule has 1 aliphatic heterocycles. The van der Waals surface area contributed by atoms with Crippen molar-refractivity contribution in [2.45, 2.75) is 19.3 Å². The van der Waals surface area contributed by atoms with Crippen LogP contribution in [-0.4, -0.2) is 35.7 Å². The summed E-state index contributed by atoms with van der Waals surface area (Å²) in [6, 6.07) is 12.1. The van der Waals surface area contributed by atoms with E-state index in [0.29, 0.717) is 44.8 Å². The molecule has 1 amide bonds. The van der Waals surface area contributed by atoms with E-state index in [1.165, 1.54) is 14.2 Å². The Balaban J connectivity index is 1.79. The number of hydrogen-bond acceptors (Lipinski definition) is 5. The van der Waals surface area contributed by atoms with Gasteiger partial charge < -0.3 is 14.8 Å². The number of fused-ring (bicyclic) bond motifs is 1. The molecule has 1 aromatic heterocycles. The van der Waals surface area contributed by atoms with Crippen molar-refractivity contribution >= 4 is 29.1 Å². The van der Waals surface area contributed by atoms with Crippen molar-refractivity contribution in [1.82, 2.24) is 9.78 Å². The molecule has 2 aromatic carbocycles. The summed E-state index contributed by atoms with van der Waals surface area (Å²) in [4.78, 5) is 25.9. The van der Waals surface area contributed by atoms with E-state index in [9.17, 15) is 9.59 Å². The number of methoxy groups -OCH3 is 2. The van der Waals surface area contributed by atoms with Gasteiger partial charge in [0.15, 0.2) is 17.3 Å². The van der Waals surface area contributed by atoms with E-state index in [-0.39, 0.29) is 18.1 Å². The lowest BCUT2D eigenvalue weighted by atomic mass is 9.85. The Morgan fingerprint density at radius 2 is 1.93 bits per heavy atom. The maximum absolute atomic E-state index is 13.4. The molecule has 1 atom stereocenters. The first-order valence-corrected chi connectivity index (χ1v) is 9.72. The highest BCUT2D eigenvalue weighted by Crippen LogP contribution is 2.39. The molecule has 7 nitrogen and oxygen atoms in total. The highest BCUT2D eigenvalue weighted by molar-refractivity contribution is 6.30. The number of ketones is 1. The number of carbonyl (C=O) groups excluding carboxylic acids is 2. The molecule has 0 fully saturated rings. The Morgan fingerprint density at radius 1 is 1.17 bits per heavy atom. The van der Waals surface area contributed by atoms with Gasteiger partial charge in [0.25, 0.3) is 0 Å². The Morgan fingerprint density at radius 3 is 2.63 bits per heavy atom. The zero-order valence-electron chi connectivity index (χ0n) is 16.7. The number of carbonyl (C=O) groups is 2. The summed E-state index contributed by atoms with van der Waals surface area (Å²) in [6.07, 6.45) is 0.0439. The molecule has 1 N–H and O–H groups in total. The van der Waals surface area contributed by atoms with Gasteiger partial charge in [-0.2, -0.15) is 5.10 Å². The molecule has 8 heteroatoms. The third-order valence-electron chi connectivity index (χ3n) is 5.14. The number of nitrogens with one attached hydrogen (secondary N) is 1. The molecule has 3 aromatic rings. The Bertz CT molecular complexity index is 1160. The minimum atomic E-state index is -0.653. The van der Waals surface area contributed by atoms with Gasteiger partial charge in [0.1, 0.15) is 5.82 Å². The third-order valence-corrected chi connectivity index (χ3v) is 5.37. The van der Waals surface area contributed by atoms with E-state index in [4.69, 9.17) is 21.1 Å². The number of hydrogen-bond donors (Lipinski definition) is 1. The van der Waals surface area contributed by atoms with Gasteiger partial charge in [-0.05, 0) is 43.3 Å². The van der Waals surface area contributed by atoms with E-state index >= 15 is 0 Å². The number of amides is 1. The van der Waals surface area contributed by atoms with Crippen LogP contribution in [0.25, 0.3) is 5.69 Å². The number of aryl methyl sites for hydroxylation is 1. The molecule has 0 radical (unpaired) electrons. The summed E-state index contributed by atoms with van der Waals surface area (Å²) >= 11 is 6.12. The second-order valence-corrected chi connectivity index (χ2v) is 7.41. The van der Waals surface area contributed by atoms with Gasteiger partial charge in [-0.15, -0.1) is 0 Å². The van der Waals surface area contributed by atoms with Gasteiger partial charge >= 0.3 is 0 Å². The van der Waals surface area contributed by atoms with Gasteiger partial charge in [0.05, 0.1) is 31.5 Å². The molecule has 4 rings (SSSR count). The van der Waals surface area contributed by atoms with E-state index in [0.717, 1.165) is 0 Å². The van der Waals surface area contributed by atoms with Crippen molar-refractivity contribution in [2.24, 2.45) is 0 Å². The molecule has 154 valence electrons. The van der Waals surface area contributed by atoms with Crippen LogP contribution in [0.2, 0.25) is 5.02 Å². The summed E-state index contributed by atoms with van der Waals surface area (Å²) in [5.41, 5.74) is 2.51. The fourth-order valence-electron chi connectivity index (χ4n) is 3.76. The standard InChI is InChI=1S/C22H20ClN3O4/c1-12-20-16(21(28)13-7-8-17(29-2)18(9-13)30-3)11-19(27)24-22(20)26(25-12)15-6-4-5-14(23)10-15/h4-10,16H,11H2,1-3H3,(H,24,27). The lowest BCUT2D eigenvalue weighted by Crippen LogP contribution is -2.28. The third kappa shape index (κ3) is 3.41. The molecule has 1 aliphatic rings. The maximum atomic E-state index is 13.4. The van der Waals surface area contributed by atoms with E-state index < -0.39 is 5.92 Å². The van der Waals surface area contributed by atoms with Crippen LogP contribution >= 0.6 is 11.6 Å². The van der Waals surface area contributed by atoms with Crippen molar-refractivity contribution in [3.05, 3.63) is 64.3 Å². The summed E-state index contributed by atoms with van der Waals surface area (Å²) in [5.74, 6) is 0.395. The second-order valence-electron chi connectivity index (χ2n) is 6.98. The fourth-order valence-corrected chi connectivity index (χ4v) is 3.94. The van der Waals surface area contributed by atoms with Crippen molar-refractivity contribution in [3.8, 4) is 17.2 Å². The minimum Gasteiger partial charge on any atom is -0.493 e. The number of nitrogens with zero attached hydrogens (tertiary/aromatic N) is 2. The largest absolute Gasteiger partial charge is 0.493 e. The smallest absolute Gasteiger partial charge is 0.226 e. The van der Waals surface area contributed by atoms with Crippen LogP contribution in [0.3, 0.4) is 0 Å². The Kier molecular flexibility index (Phi) is 5.22. The molecule has 0 spiro atoms. The van der Waals surface area contributed by atoms with Crippen molar-refractivity contribution < 1.29 is 19.1 Å². The summed E-state index contributed by atoms with van der Waals surface area (Å²) in [6.45, 7) is 1.83. The molecule has 2 heterocycles. The Hall–Kier alpha value is -3.32.